The standard InChI is InChI=1S/C7H11N/c1-2-6-8(5-1)7-3-4-7/h1-2,7H,3-6H2. The molecule has 0 saturated heterocycles. The van der Waals surface area contributed by atoms with Gasteiger partial charge in [-0.1, -0.05) is 12.2 Å². The molecule has 0 amide bonds. The molecule has 0 N–H and O–H groups in total. The van der Waals surface area contributed by atoms with E-state index < -0.39 is 0 Å². The Morgan fingerprint density at radius 2 is 1.75 bits per heavy atom. The Labute approximate surface area is 50.0 Å². The average Bonchev–Trinajstić information content (AvgIpc) is 2.49. The van der Waals surface area contributed by atoms with E-state index in [-0.39, 0.29) is 0 Å². The van der Waals surface area contributed by atoms with Crippen LogP contribution in [0.2, 0.25) is 0 Å². The van der Waals surface area contributed by atoms with Crippen molar-refractivity contribution in [1.29, 1.82) is 0 Å². The molecular formula is C7H11N. The summed E-state index contributed by atoms with van der Waals surface area (Å²) in [6.45, 7) is 2.43. The molecule has 0 aromatic rings. The van der Waals surface area contributed by atoms with Gasteiger partial charge in [0.1, 0.15) is 0 Å². The third kappa shape index (κ3) is 0.671. The van der Waals surface area contributed by atoms with Crippen molar-refractivity contribution < 1.29 is 0 Å². The monoisotopic (exact) mass is 109 g/mol. The largest absolute Gasteiger partial charge is 0.293 e. The van der Waals surface area contributed by atoms with Crippen molar-refractivity contribution in [3.8, 4) is 0 Å². The Kier molecular flexibility index (Phi) is 0.908. The minimum absolute atomic E-state index is 0.963. The molecule has 44 valence electrons. The Hall–Kier alpha value is -0.300. The van der Waals surface area contributed by atoms with E-state index in [1.807, 2.05) is 0 Å². The van der Waals surface area contributed by atoms with Gasteiger partial charge in [0.25, 0.3) is 0 Å². The fourth-order valence-corrected chi connectivity index (χ4v) is 1.23. The van der Waals surface area contributed by atoms with Crippen LogP contribution in [0.25, 0.3) is 0 Å². The molecule has 1 aliphatic heterocycles. The molecule has 1 heteroatoms. The second-order valence-corrected chi connectivity index (χ2v) is 2.66. The lowest BCUT2D eigenvalue weighted by atomic mass is 10.5. The first-order chi connectivity index (χ1) is 3.97. The van der Waals surface area contributed by atoms with E-state index in [4.69, 9.17) is 0 Å². The summed E-state index contributed by atoms with van der Waals surface area (Å²) in [5.74, 6) is 0. The summed E-state index contributed by atoms with van der Waals surface area (Å²) < 4.78 is 0. The molecule has 0 radical (unpaired) electrons. The van der Waals surface area contributed by atoms with E-state index in [0.717, 1.165) is 6.04 Å². The van der Waals surface area contributed by atoms with Crippen molar-refractivity contribution in [3.63, 3.8) is 0 Å². The highest BCUT2D eigenvalue weighted by molar-refractivity contribution is 5.00. The average molecular weight is 109 g/mol. The normalized spacial score (nSPS) is 29.5. The first kappa shape index (κ1) is 4.57. The molecule has 0 aromatic carbocycles. The van der Waals surface area contributed by atoms with Crippen molar-refractivity contribution in [3.05, 3.63) is 12.2 Å². The summed E-state index contributed by atoms with van der Waals surface area (Å²) in [6.07, 6.45) is 7.42. The molecule has 8 heavy (non-hydrogen) atoms. The van der Waals surface area contributed by atoms with E-state index in [0.29, 0.717) is 0 Å². The van der Waals surface area contributed by atoms with E-state index in [1.54, 1.807) is 0 Å². The lowest BCUT2D eigenvalue weighted by Gasteiger charge is -2.11. The van der Waals surface area contributed by atoms with E-state index in [9.17, 15) is 0 Å². The topological polar surface area (TPSA) is 3.24 Å². The van der Waals surface area contributed by atoms with Crippen LogP contribution in [-0.4, -0.2) is 24.0 Å². The van der Waals surface area contributed by atoms with Crippen LogP contribution in [0.5, 0.6) is 0 Å². The molecule has 0 spiro atoms. The Bertz CT molecular complexity index is 106. The SMILES string of the molecule is C1=CCN(C2CC2)C1. The maximum Gasteiger partial charge on any atom is 0.0169 e. The molecule has 0 bridgehead atoms. The third-order valence-electron chi connectivity index (χ3n) is 1.91. The predicted octanol–water partition coefficient (Wildman–Crippen LogP) is 1.02. The van der Waals surface area contributed by atoms with Gasteiger partial charge in [-0.25, -0.2) is 0 Å². The zero-order chi connectivity index (χ0) is 5.40. The van der Waals surface area contributed by atoms with Crippen molar-refractivity contribution in [2.24, 2.45) is 0 Å². The third-order valence-corrected chi connectivity index (χ3v) is 1.91. The molecule has 1 fully saturated rings. The molecule has 2 rings (SSSR count). The Morgan fingerprint density at radius 1 is 1.12 bits per heavy atom. The minimum Gasteiger partial charge on any atom is -0.293 e. The molecule has 2 aliphatic rings. The summed E-state index contributed by atoms with van der Waals surface area (Å²) in [5.41, 5.74) is 0. The fraction of sp³-hybridized carbons (Fsp3) is 0.714. The number of nitrogens with zero attached hydrogens (tertiary/aromatic N) is 1. The zero-order valence-electron chi connectivity index (χ0n) is 5.01. The molecule has 1 heterocycles. The second-order valence-electron chi connectivity index (χ2n) is 2.66. The smallest absolute Gasteiger partial charge is 0.0169 e. The summed E-state index contributed by atoms with van der Waals surface area (Å²) in [7, 11) is 0. The van der Waals surface area contributed by atoms with Crippen molar-refractivity contribution >= 4 is 0 Å². The van der Waals surface area contributed by atoms with Crippen LogP contribution in [0.3, 0.4) is 0 Å². The van der Waals surface area contributed by atoms with Crippen LogP contribution in [0, 0.1) is 0 Å². The molecule has 1 saturated carbocycles. The van der Waals surface area contributed by atoms with Gasteiger partial charge in [0.15, 0.2) is 0 Å². The van der Waals surface area contributed by atoms with Gasteiger partial charge in [-0.05, 0) is 12.8 Å². The molecule has 0 unspecified atom stereocenters. The van der Waals surface area contributed by atoms with Crippen LogP contribution in [0.1, 0.15) is 12.8 Å². The highest BCUT2D eigenvalue weighted by Crippen LogP contribution is 2.27. The summed E-state index contributed by atoms with van der Waals surface area (Å²) in [6, 6.07) is 0.963. The molecule has 0 aromatic heterocycles. The summed E-state index contributed by atoms with van der Waals surface area (Å²) in [5, 5.41) is 0. The number of rotatable bonds is 1. The second kappa shape index (κ2) is 1.59. The van der Waals surface area contributed by atoms with Gasteiger partial charge < -0.3 is 0 Å². The van der Waals surface area contributed by atoms with Crippen LogP contribution in [0.15, 0.2) is 12.2 Å². The highest BCUT2D eigenvalue weighted by Gasteiger charge is 2.28. The molecular weight excluding hydrogens is 98.1 g/mol. The van der Waals surface area contributed by atoms with Crippen molar-refractivity contribution in [2.45, 2.75) is 18.9 Å². The maximum atomic E-state index is 2.53. The van der Waals surface area contributed by atoms with Crippen LogP contribution < -0.4 is 0 Å². The van der Waals surface area contributed by atoms with Gasteiger partial charge in [-0.2, -0.15) is 0 Å². The molecule has 1 aliphatic carbocycles. The van der Waals surface area contributed by atoms with Gasteiger partial charge in [0.2, 0.25) is 0 Å². The number of hydrogen-bond donors (Lipinski definition) is 0. The van der Waals surface area contributed by atoms with E-state index >= 15 is 0 Å². The van der Waals surface area contributed by atoms with Crippen LogP contribution >= 0.6 is 0 Å². The van der Waals surface area contributed by atoms with Gasteiger partial charge in [0.05, 0.1) is 0 Å². The summed E-state index contributed by atoms with van der Waals surface area (Å²) in [4.78, 5) is 2.53. The Balaban J connectivity index is 1.90. The first-order valence-electron chi connectivity index (χ1n) is 3.36. The lowest BCUT2D eigenvalue weighted by Crippen LogP contribution is -2.21. The maximum absolute atomic E-state index is 2.53. The predicted molar refractivity (Wildman–Crippen MR) is 33.7 cm³/mol. The zero-order valence-corrected chi connectivity index (χ0v) is 5.01. The Morgan fingerprint density at radius 3 is 2.25 bits per heavy atom. The molecule has 1 nitrogen and oxygen atoms in total. The van der Waals surface area contributed by atoms with Gasteiger partial charge >= 0.3 is 0 Å². The van der Waals surface area contributed by atoms with Gasteiger partial charge in [-0.15, -0.1) is 0 Å². The van der Waals surface area contributed by atoms with Crippen LogP contribution in [-0.2, 0) is 0 Å². The summed E-state index contributed by atoms with van der Waals surface area (Å²) >= 11 is 0. The highest BCUT2D eigenvalue weighted by atomic mass is 15.2. The minimum atomic E-state index is 0.963. The van der Waals surface area contributed by atoms with Crippen molar-refractivity contribution in [1.82, 2.24) is 4.90 Å². The number of hydrogen-bond acceptors (Lipinski definition) is 1. The molecule has 0 atom stereocenters. The van der Waals surface area contributed by atoms with Gasteiger partial charge in [0, 0.05) is 19.1 Å². The van der Waals surface area contributed by atoms with E-state index in [1.165, 1.54) is 25.9 Å². The lowest BCUT2D eigenvalue weighted by molar-refractivity contribution is 0.342. The van der Waals surface area contributed by atoms with Gasteiger partial charge in [-0.3, -0.25) is 4.90 Å². The quantitative estimate of drug-likeness (QED) is 0.454. The van der Waals surface area contributed by atoms with Crippen molar-refractivity contribution in [2.75, 3.05) is 13.1 Å². The fourth-order valence-electron chi connectivity index (χ4n) is 1.23. The first-order valence-corrected chi connectivity index (χ1v) is 3.36. The van der Waals surface area contributed by atoms with E-state index in [2.05, 4.69) is 17.1 Å². The van der Waals surface area contributed by atoms with Crippen LogP contribution in [0.4, 0.5) is 0 Å².